The van der Waals surface area contributed by atoms with Gasteiger partial charge in [0.1, 0.15) is 0 Å². The van der Waals surface area contributed by atoms with Crippen LogP contribution in [0.15, 0.2) is 0 Å². The molecule has 0 aliphatic rings. The van der Waals surface area contributed by atoms with Gasteiger partial charge in [0.2, 0.25) is 5.62 Å². The average molecular weight is 188 g/mol. The second kappa shape index (κ2) is 2.62. The first-order chi connectivity index (χ1) is 4.27. The van der Waals surface area contributed by atoms with Gasteiger partial charge >= 0.3 is 0 Å². The predicted molar refractivity (Wildman–Crippen MR) is 31.9 cm³/mol. The van der Waals surface area contributed by atoms with Crippen LogP contribution >= 0.6 is 0 Å². The van der Waals surface area contributed by atoms with Crippen molar-refractivity contribution in [2.24, 2.45) is 5.14 Å². The van der Waals surface area contributed by atoms with E-state index in [2.05, 4.69) is 5.14 Å². The molecule has 0 heterocycles. The molecule has 0 rings (SSSR count). The Balaban J connectivity index is 4.65. The first-order valence-electron chi connectivity index (χ1n) is 1.78. The van der Waals surface area contributed by atoms with Crippen molar-refractivity contribution < 1.29 is 21.6 Å². The van der Waals surface area contributed by atoms with Crippen molar-refractivity contribution in [2.45, 2.75) is 0 Å². The van der Waals surface area contributed by atoms with Crippen molar-refractivity contribution in [3.8, 4) is 0 Å². The Morgan fingerprint density at radius 3 is 1.70 bits per heavy atom. The highest BCUT2D eigenvalue weighted by Gasteiger charge is 2.14. The number of carbonyl (C=O) groups excluding carboxylic acids is 1. The van der Waals surface area contributed by atoms with Gasteiger partial charge in [-0.2, -0.15) is 8.42 Å². The predicted octanol–water partition coefficient (Wildman–Crippen LogP) is -2.70. The van der Waals surface area contributed by atoms with Crippen LogP contribution in [0.25, 0.3) is 0 Å². The number of nitrogens with one attached hydrogen (secondary N) is 1. The minimum Gasteiger partial charge on any atom is -0.284 e. The molecule has 60 valence electrons. The minimum atomic E-state index is -4.42. The van der Waals surface area contributed by atoms with Gasteiger partial charge in [-0.1, -0.05) is 4.13 Å². The fourth-order valence-corrected chi connectivity index (χ4v) is 1.63. The van der Waals surface area contributed by atoms with Crippen LogP contribution in [0.3, 0.4) is 0 Å². The summed E-state index contributed by atoms with van der Waals surface area (Å²) in [5, 5.41) is 4.22. The van der Waals surface area contributed by atoms with Gasteiger partial charge in [0.25, 0.3) is 20.2 Å². The molecule has 3 N–H and O–H groups in total. The summed E-state index contributed by atoms with van der Waals surface area (Å²) >= 11 is 0. The Kier molecular flexibility index (Phi) is 2.48. The standard InChI is InChI=1S/CH4N2O5S2/c2-10(7,8)3-9(5,6)1-4/h1,3H,(H2,2,7,8). The van der Waals surface area contributed by atoms with Crippen molar-refractivity contribution in [3.63, 3.8) is 0 Å². The molecule has 0 aromatic rings. The lowest BCUT2D eigenvalue weighted by Crippen LogP contribution is -2.36. The Morgan fingerprint density at radius 1 is 1.20 bits per heavy atom. The summed E-state index contributed by atoms with van der Waals surface area (Å²) in [6, 6.07) is 0. The molecule has 0 saturated carbocycles. The molecule has 0 radical (unpaired) electrons. The summed E-state index contributed by atoms with van der Waals surface area (Å²) < 4.78 is 40.9. The lowest BCUT2D eigenvalue weighted by molar-refractivity contribution is 0.553. The van der Waals surface area contributed by atoms with Crippen molar-refractivity contribution in [1.82, 2.24) is 4.13 Å². The van der Waals surface area contributed by atoms with Gasteiger partial charge in [0, 0.05) is 0 Å². The van der Waals surface area contributed by atoms with E-state index in [1.807, 2.05) is 0 Å². The molecular formula is CH4N2O5S2. The van der Waals surface area contributed by atoms with Crippen LogP contribution in [0.2, 0.25) is 0 Å². The van der Waals surface area contributed by atoms with Crippen molar-refractivity contribution >= 4 is 25.9 Å². The van der Waals surface area contributed by atoms with E-state index in [9.17, 15) is 21.6 Å². The summed E-state index contributed by atoms with van der Waals surface area (Å²) in [4.78, 5) is 9.53. The minimum absolute atomic E-state index is 0.558. The lowest BCUT2D eigenvalue weighted by atomic mass is 11.8. The molecule has 9 heteroatoms. The van der Waals surface area contributed by atoms with Crippen molar-refractivity contribution in [1.29, 1.82) is 0 Å². The smallest absolute Gasteiger partial charge is 0.284 e. The number of carbonyl (C=O) groups is 1. The third-order valence-electron chi connectivity index (χ3n) is 0.359. The Bertz CT molecular complexity index is 310. The molecule has 0 atom stereocenters. The molecule has 10 heavy (non-hydrogen) atoms. The number of rotatable bonds is 3. The molecule has 7 nitrogen and oxygen atoms in total. The summed E-state index contributed by atoms with van der Waals surface area (Å²) in [5.74, 6) is 0. The second-order valence-corrected chi connectivity index (χ2v) is 4.31. The molecule has 0 aromatic heterocycles. The molecule has 0 unspecified atom stereocenters. The zero-order valence-electron chi connectivity index (χ0n) is 4.51. The van der Waals surface area contributed by atoms with Crippen LogP contribution < -0.4 is 9.27 Å². The molecule has 0 aliphatic carbocycles. The van der Waals surface area contributed by atoms with Crippen LogP contribution in [-0.2, 0) is 25.0 Å². The molecule has 0 aliphatic heterocycles. The summed E-state index contributed by atoms with van der Waals surface area (Å²) in [7, 11) is -8.78. The second-order valence-electron chi connectivity index (χ2n) is 1.27. The van der Waals surface area contributed by atoms with Crippen molar-refractivity contribution in [3.05, 3.63) is 0 Å². The van der Waals surface area contributed by atoms with E-state index in [1.54, 1.807) is 0 Å². The number of hydrogen-bond donors (Lipinski definition) is 2. The summed E-state index contributed by atoms with van der Waals surface area (Å²) in [6.07, 6.45) is 0. The Hall–Kier alpha value is -0.510. The van der Waals surface area contributed by atoms with Crippen LogP contribution in [0.4, 0.5) is 0 Å². The highest BCUT2D eigenvalue weighted by molar-refractivity contribution is 8.11. The van der Waals surface area contributed by atoms with Crippen LogP contribution in [-0.4, -0.2) is 22.5 Å². The van der Waals surface area contributed by atoms with Gasteiger partial charge in [0.15, 0.2) is 0 Å². The highest BCUT2D eigenvalue weighted by Crippen LogP contribution is 1.76. The quantitative estimate of drug-likeness (QED) is 0.466. The lowest BCUT2D eigenvalue weighted by Gasteiger charge is -1.93. The third kappa shape index (κ3) is 4.38. The number of hydrogen-bond acceptors (Lipinski definition) is 5. The first kappa shape index (κ1) is 9.49. The van der Waals surface area contributed by atoms with Gasteiger partial charge in [-0.25, -0.2) is 13.6 Å². The van der Waals surface area contributed by atoms with Crippen LogP contribution in [0, 0.1) is 0 Å². The van der Waals surface area contributed by atoms with Gasteiger partial charge in [-0.3, -0.25) is 4.79 Å². The molecule has 0 amide bonds. The largest absolute Gasteiger partial charge is 0.287 e. The monoisotopic (exact) mass is 188 g/mol. The Morgan fingerprint density at radius 2 is 1.60 bits per heavy atom. The van der Waals surface area contributed by atoms with E-state index in [1.165, 1.54) is 0 Å². The zero-order chi connectivity index (χ0) is 8.41. The Labute approximate surface area is 57.4 Å². The number of sulfonamides is 1. The van der Waals surface area contributed by atoms with E-state index in [0.29, 0.717) is 0 Å². The fraction of sp³-hybridized carbons (Fsp3) is 0. The van der Waals surface area contributed by atoms with Gasteiger partial charge < -0.3 is 0 Å². The van der Waals surface area contributed by atoms with E-state index in [-0.39, 0.29) is 0 Å². The molecule has 0 saturated heterocycles. The first-order valence-corrected chi connectivity index (χ1v) is 4.87. The van der Waals surface area contributed by atoms with E-state index < -0.39 is 25.9 Å². The molecular weight excluding hydrogens is 184 g/mol. The summed E-state index contributed by atoms with van der Waals surface area (Å²) in [5.41, 5.74) is -0.558. The summed E-state index contributed by atoms with van der Waals surface area (Å²) in [6.45, 7) is 0. The topological polar surface area (TPSA) is 123 Å². The molecule has 0 aromatic carbocycles. The van der Waals surface area contributed by atoms with Crippen LogP contribution in [0.1, 0.15) is 0 Å². The van der Waals surface area contributed by atoms with E-state index in [4.69, 9.17) is 0 Å². The SMILES string of the molecule is NS(=O)(=O)NS(=O)(=O)C=O. The van der Waals surface area contributed by atoms with Gasteiger partial charge in [-0.15, -0.1) is 0 Å². The molecule has 0 fully saturated rings. The van der Waals surface area contributed by atoms with Crippen molar-refractivity contribution in [2.75, 3.05) is 0 Å². The maximum Gasteiger partial charge on any atom is 0.287 e. The number of nitrogens with two attached hydrogens (primary N) is 1. The van der Waals surface area contributed by atoms with E-state index in [0.717, 1.165) is 4.13 Å². The van der Waals surface area contributed by atoms with Gasteiger partial charge in [0.05, 0.1) is 0 Å². The maximum absolute atomic E-state index is 10.1. The van der Waals surface area contributed by atoms with Crippen LogP contribution in [0.5, 0.6) is 0 Å². The fourth-order valence-electron chi connectivity index (χ4n) is 0.182. The maximum atomic E-state index is 10.1. The van der Waals surface area contributed by atoms with Gasteiger partial charge in [-0.05, 0) is 0 Å². The average Bonchev–Trinajstić information content (AvgIpc) is 1.60. The third-order valence-corrected chi connectivity index (χ3v) is 2.47. The highest BCUT2D eigenvalue weighted by atomic mass is 32.3. The normalized spacial score (nSPS) is 12.9. The zero-order valence-corrected chi connectivity index (χ0v) is 6.15. The molecule has 0 spiro atoms. The molecule has 0 bridgehead atoms. The van der Waals surface area contributed by atoms with E-state index >= 15 is 0 Å².